The van der Waals surface area contributed by atoms with Crippen LogP contribution in [-0.4, -0.2) is 39.4 Å². The number of carbonyl (C=O) groups is 3. The molecule has 1 saturated carbocycles. The molecule has 0 unspecified atom stereocenters. The topological polar surface area (TPSA) is 83.8 Å². The van der Waals surface area contributed by atoms with E-state index in [0.717, 1.165) is 17.7 Å². The molecule has 1 aliphatic heterocycles. The lowest BCUT2D eigenvalue weighted by Gasteiger charge is -2.20. The minimum Gasteiger partial charge on any atom is -0.327 e. The van der Waals surface area contributed by atoms with Crippen LogP contribution < -0.4 is 10.1 Å². The molecule has 112 valence electrons. The van der Waals surface area contributed by atoms with E-state index in [-0.39, 0.29) is 18.4 Å². The van der Waals surface area contributed by atoms with Gasteiger partial charge < -0.3 is 9.88 Å². The van der Waals surface area contributed by atoms with Crippen molar-refractivity contribution < 1.29 is 14.4 Å². The normalized spacial score (nSPS) is 26.4. The van der Waals surface area contributed by atoms with Crippen LogP contribution in [0.1, 0.15) is 19.8 Å². The average molecular weight is 308 g/mol. The molecule has 2 aliphatic rings. The lowest BCUT2D eigenvalue weighted by molar-refractivity contribution is -0.134. The van der Waals surface area contributed by atoms with Crippen molar-refractivity contribution in [2.45, 2.75) is 25.3 Å². The van der Waals surface area contributed by atoms with E-state index < -0.39 is 17.5 Å². The Morgan fingerprint density at radius 2 is 2.24 bits per heavy atom. The minimum atomic E-state index is -0.856. The molecule has 4 amide bonds. The number of urea groups is 1. The summed E-state index contributed by atoms with van der Waals surface area (Å²) in [6, 6.07) is -0.506. The number of carbonyl (C=O) groups excluding carboxylic acids is 3. The van der Waals surface area contributed by atoms with Crippen LogP contribution in [-0.2, 0) is 16.6 Å². The number of aryl methyl sites for hydroxylation is 1. The second-order valence-corrected chi connectivity index (χ2v) is 6.47. The summed E-state index contributed by atoms with van der Waals surface area (Å²) in [7, 11) is 1.78. The Kier molecular flexibility index (Phi) is 3.20. The third-order valence-corrected chi connectivity index (χ3v) is 4.82. The molecule has 1 N–H and O–H groups in total. The van der Waals surface area contributed by atoms with Crippen LogP contribution in [0.2, 0.25) is 0 Å². The molecule has 1 saturated heterocycles. The molecule has 7 nitrogen and oxygen atoms in total. The number of thiazole rings is 1. The van der Waals surface area contributed by atoms with E-state index in [4.69, 9.17) is 0 Å². The highest BCUT2D eigenvalue weighted by molar-refractivity contribution is 7.07. The van der Waals surface area contributed by atoms with Crippen molar-refractivity contribution in [1.82, 2.24) is 14.8 Å². The highest BCUT2D eigenvalue weighted by Gasteiger charge is 2.56. The van der Waals surface area contributed by atoms with Crippen molar-refractivity contribution in [3.05, 3.63) is 16.4 Å². The molecular weight excluding hydrogens is 292 g/mol. The number of amides is 4. The van der Waals surface area contributed by atoms with Gasteiger partial charge in [-0.1, -0.05) is 0 Å². The molecule has 8 heteroatoms. The summed E-state index contributed by atoms with van der Waals surface area (Å²) in [4.78, 5) is 41.7. The zero-order valence-electron chi connectivity index (χ0n) is 11.8. The average Bonchev–Trinajstić information content (AvgIpc) is 3.17. The van der Waals surface area contributed by atoms with Crippen LogP contribution in [0.15, 0.2) is 16.6 Å². The molecule has 1 aromatic rings. The van der Waals surface area contributed by atoms with E-state index >= 15 is 0 Å². The lowest BCUT2D eigenvalue weighted by atomic mass is 9.96. The maximum Gasteiger partial charge on any atom is 0.325 e. The van der Waals surface area contributed by atoms with Crippen molar-refractivity contribution in [3.8, 4) is 0 Å². The second-order valence-electron chi connectivity index (χ2n) is 5.60. The van der Waals surface area contributed by atoms with Gasteiger partial charge in [0.05, 0.1) is 0 Å². The Morgan fingerprint density at radius 1 is 1.52 bits per heavy atom. The van der Waals surface area contributed by atoms with Gasteiger partial charge in [0.2, 0.25) is 0 Å². The monoisotopic (exact) mass is 308 g/mol. The fraction of sp³-hybridized carbons (Fsp3) is 0.538. The van der Waals surface area contributed by atoms with Gasteiger partial charge in [-0.15, -0.1) is 11.3 Å². The number of hydrogen-bond acceptors (Lipinski definition) is 4. The fourth-order valence-electron chi connectivity index (χ4n) is 2.51. The van der Waals surface area contributed by atoms with Crippen molar-refractivity contribution >= 4 is 29.2 Å². The summed E-state index contributed by atoms with van der Waals surface area (Å²) in [6.45, 7) is 1.41. The summed E-state index contributed by atoms with van der Waals surface area (Å²) in [5.41, 5.74) is -0.856. The minimum absolute atomic E-state index is 0.182. The first-order valence-corrected chi connectivity index (χ1v) is 7.61. The quantitative estimate of drug-likeness (QED) is 0.812. The molecule has 1 aliphatic carbocycles. The smallest absolute Gasteiger partial charge is 0.325 e. The first-order valence-electron chi connectivity index (χ1n) is 6.73. The van der Waals surface area contributed by atoms with Gasteiger partial charge in [0, 0.05) is 18.6 Å². The first kappa shape index (κ1) is 14.0. The van der Waals surface area contributed by atoms with Crippen molar-refractivity contribution in [1.29, 1.82) is 0 Å². The number of nitrogens with one attached hydrogen (secondary N) is 1. The van der Waals surface area contributed by atoms with E-state index in [1.165, 1.54) is 11.3 Å². The molecule has 21 heavy (non-hydrogen) atoms. The van der Waals surface area contributed by atoms with Crippen LogP contribution in [0.5, 0.6) is 0 Å². The fourth-order valence-corrected chi connectivity index (χ4v) is 3.26. The van der Waals surface area contributed by atoms with Crippen LogP contribution in [0.3, 0.4) is 0 Å². The van der Waals surface area contributed by atoms with Crippen LogP contribution in [0.25, 0.3) is 0 Å². The third kappa shape index (κ3) is 2.39. The van der Waals surface area contributed by atoms with Crippen molar-refractivity contribution in [3.63, 3.8) is 0 Å². The summed E-state index contributed by atoms with van der Waals surface area (Å²) < 4.78 is 1.71. The Balaban J connectivity index is 1.76. The highest BCUT2D eigenvalue weighted by Crippen LogP contribution is 2.42. The van der Waals surface area contributed by atoms with Gasteiger partial charge in [-0.2, -0.15) is 4.99 Å². The van der Waals surface area contributed by atoms with Gasteiger partial charge in [0.25, 0.3) is 11.8 Å². The number of imide groups is 1. The van der Waals surface area contributed by atoms with E-state index in [1.807, 2.05) is 5.38 Å². The Bertz CT molecular complexity index is 688. The van der Waals surface area contributed by atoms with Crippen molar-refractivity contribution in [2.75, 3.05) is 6.54 Å². The van der Waals surface area contributed by atoms with E-state index in [9.17, 15) is 14.4 Å². The van der Waals surface area contributed by atoms with E-state index in [1.54, 1.807) is 24.7 Å². The molecule has 1 aromatic heterocycles. The molecule has 1 atom stereocenters. The molecule has 3 rings (SSSR count). The zero-order chi connectivity index (χ0) is 15.2. The van der Waals surface area contributed by atoms with Crippen LogP contribution in [0.4, 0.5) is 4.79 Å². The van der Waals surface area contributed by atoms with Crippen molar-refractivity contribution in [2.24, 2.45) is 18.0 Å². The van der Waals surface area contributed by atoms with Gasteiger partial charge in [0.15, 0.2) is 4.80 Å². The number of hydrogen-bond donors (Lipinski definition) is 1. The Hall–Kier alpha value is -1.96. The van der Waals surface area contributed by atoms with Gasteiger partial charge in [-0.25, -0.2) is 4.79 Å². The first-order chi connectivity index (χ1) is 9.91. The predicted molar refractivity (Wildman–Crippen MR) is 75.2 cm³/mol. The Labute approximate surface area is 125 Å². The van der Waals surface area contributed by atoms with Gasteiger partial charge in [-0.3, -0.25) is 14.5 Å². The molecule has 0 radical (unpaired) electrons. The van der Waals surface area contributed by atoms with E-state index in [2.05, 4.69) is 10.3 Å². The molecule has 2 fully saturated rings. The van der Waals surface area contributed by atoms with Gasteiger partial charge in [0.1, 0.15) is 12.1 Å². The number of rotatable bonds is 3. The lowest BCUT2D eigenvalue weighted by Crippen LogP contribution is -2.46. The third-order valence-electron chi connectivity index (χ3n) is 3.97. The molecule has 0 bridgehead atoms. The maximum absolute atomic E-state index is 12.4. The SMILES string of the molecule is Cn1ccsc1=NC(=O)CN1C(=O)N[C@](C)(C2CC2)C1=O. The van der Waals surface area contributed by atoms with E-state index in [0.29, 0.717) is 4.80 Å². The summed E-state index contributed by atoms with van der Waals surface area (Å²) in [5.74, 6) is -0.646. The molecule has 0 spiro atoms. The zero-order valence-corrected chi connectivity index (χ0v) is 12.6. The van der Waals surface area contributed by atoms with Crippen LogP contribution in [0, 0.1) is 5.92 Å². The molecule has 2 heterocycles. The summed E-state index contributed by atoms with van der Waals surface area (Å²) >= 11 is 1.32. The van der Waals surface area contributed by atoms with Crippen LogP contribution >= 0.6 is 11.3 Å². The number of nitrogens with zero attached hydrogens (tertiary/aromatic N) is 3. The standard InChI is InChI=1S/C13H16N4O3S/c1-13(8-3-4-8)10(19)17(11(20)15-13)7-9(18)14-12-16(2)5-6-21-12/h5-6,8H,3-4,7H2,1-2H3,(H,15,20)/t13-/m1/s1. The highest BCUT2D eigenvalue weighted by atomic mass is 32.1. The molecule has 0 aromatic carbocycles. The largest absolute Gasteiger partial charge is 0.327 e. The van der Waals surface area contributed by atoms with Gasteiger partial charge in [-0.05, 0) is 25.7 Å². The summed E-state index contributed by atoms with van der Waals surface area (Å²) in [5, 5.41) is 4.52. The second kappa shape index (κ2) is 4.80. The summed E-state index contributed by atoms with van der Waals surface area (Å²) in [6.07, 6.45) is 3.65. The predicted octanol–water partition coefficient (Wildman–Crippen LogP) is 0.234. The van der Waals surface area contributed by atoms with Gasteiger partial charge >= 0.3 is 6.03 Å². The number of aromatic nitrogens is 1. The maximum atomic E-state index is 12.4. The molecular formula is C13H16N4O3S. The Morgan fingerprint density at radius 3 is 2.81 bits per heavy atom.